The molecule has 1 aromatic carbocycles. The molecule has 0 spiro atoms. The molecule has 1 aliphatic carbocycles. The highest BCUT2D eigenvalue weighted by Crippen LogP contribution is 2.24. The van der Waals surface area contributed by atoms with Gasteiger partial charge in [-0.3, -0.25) is 0 Å². The molecule has 1 fully saturated rings. The fraction of sp³-hybridized carbons (Fsp3) is 0.571. The van der Waals surface area contributed by atoms with Gasteiger partial charge in [-0.05, 0) is 38.7 Å². The van der Waals surface area contributed by atoms with Crippen LogP contribution in [-0.4, -0.2) is 17.8 Å². The zero-order valence-corrected chi connectivity index (χ0v) is 10.1. The van der Waals surface area contributed by atoms with Crippen LogP contribution < -0.4 is 0 Å². The summed E-state index contributed by atoms with van der Waals surface area (Å²) in [7, 11) is 0. The highest BCUT2D eigenvalue weighted by atomic mass is 16.5. The molecule has 88 valence electrons. The van der Waals surface area contributed by atoms with Gasteiger partial charge in [-0.15, -0.1) is 0 Å². The predicted octanol–water partition coefficient (Wildman–Crippen LogP) is 2.91. The molecule has 0 aromatic heterocycles. The molecule has 0 amide bonds. The van der Waals surface area contributed by atoms with Crippen LogP contribution in [-0.2, 0) is 4.74 Å². The first-order chi connectivity index (χ1) is 7.65. The van der Waals surface area contributed by atoms with Crippen LogP contribution in [0.1, 0.15) is 42.1 Å². The van der Waals surface area contributed by atoms with Crippen molar-refractivity contribution in [3.63, 3.8) is 0 Å². The van der Waals surface area contributed by atoms with Gasteiger partial charge in [-0.25, -0.2) is 0 Å². The van der Waals surface area contributed by atoms with Gasteiger partial charge in [-0.1, -0.05) is 29.3 Å². The van der Waals surface area contributed by atoms with Gasteiger partial charge in [0.25, 0.3) is 0 Å². The first kappa shape index (κ1) is 11.6. The number of ether oxygens (including phenoxy) is 1. The van der Waals surface area contributed by atoms with Gasteiger partial charge in [0.2, 0.25) is 0 Å². The summed E-state index contributed by atoms with van der Waals surface area (Å²) in [5.74, 6) is 0. The number of rotatable bonds is 4. The van der Waals surface area contributed by atoms with Gasteiger partial charge in [0.05, 0.1) is 12.7 Å². The molecular formula is C14H20O2. The molecule has 0 aliphatic heterocycles. The molecule has 0 bridgehead atoms. The topological polar surface area (TPSA) is 29.5 Å². The third-order valence-corrected chi connectivity index (χ3v) is 3.17. The SMILES string of the molecule is Cc1cc(C)cc(C(O)COC2CCC2)c1. The molecule has 2 heteroatoms. The molecule has 1 unspecified atom stereocenters. The fourth-order valence-electron chi connectivity index (χ4n) is 2.06. The minimum absolute atomic E-state index is 0.389. The fourth-order valence-corrected chi connectivity index (χ4v) is 2.06. The third-order valence-electron chi connectivity index (χ3n) is 3.17. The number of aliphatic hydroxyl groups is 1. The molecule has 1 aliphatic rings. The first-order valence-corrected chi connectivity index (χ1v) is 6.03. The Balaban J connectivity index is 1.93. The van der Waals surface area contributed by atoms with Gasteiger partial charge in [-0.2, -0.15) is 0 Å². The van der Waals surface area contributed by atoms with Crippen molar-refractivity contribution < 1.29 is 9.84 Å². The maximum Gasteiger partial charge on any atom is 0.102 e. The van der Waals surface area contributed by atoms with Crippen LogP contribution >= 0.6 is 0 Å². The van der Waals surface area contributed by atoms with Crippen LogP contribution in [0.3, 0.4) is 0 Å². The molecule has 0 saturated heterocycles. The lowest BCUT2D eigenvalue weighted by atomic mass is 9.96. The molecule has 1 atom stereocenters. The lowest BCUT2D eigenvalue weighted by Crippen LogP contribution is -2.24. The van der Waals surface area contributed by atoms with Crippen molar-refractivity contribution in [2.45, 2.75) is 45.3 Å². The Bertz CT molecular complexity index is 336. The van der Waals surface area contributed by atoms with E-state index >= 15 is 0 Å². The quantitative estimate of drug-likeness (QED) is 0.845. The van der Waals surface area contributed by atoms with Gasteiger partial charge in [0, 0.05) is 0 Å². The lowest BCUT2D eigenvalue weighted by molar-refractivity contribution is -0.0426. The van der Waals surface area contributed by atoms with Gasteiger partial charge in [0.15, 0.2) is 0 Å². The Labute approximate surface area is 97.3 Å². The summed E-state index contributed by atoms with van der Waals surface area (Å²) in [6.45, 7) is 4.53. The minimum atomic E-state index is -0.487. The molecular weight excluding hydrogens is 200 g/mol. The van der Waals surface area contributed by atoms with Crippen molar-refractivity contribution in [1.82, 2.24) is 0 Å². The number of aliphatic hydroxyl groups excluding tert-OH is 1. The molecule has 1 N–H and O–H groups in total. The van der Waals surface area contributed by atoms with E-state index < -0.39 is 6.10 Å². The Kier molecular flexibility index (Phi) is 3.62. The molecule has 0 heterocycles. The van der Waals surface area contributed by atoms with Crippen LogP contribution in [0.15, 0.2) is 18.2 Å². The van der Waals surface area contributed by atoms with Crippen molar-refractivity contribution in [3.8, 4) is 0 Å². The Morgan fingerprint density at radius 2 is 1.88 bits per heavy atom. The van der Waals surface area contributed by atoms with E-state index in [1.807, 2.05) is 12.1 Å². The standard InChI is InChI=1S/C14H20O2/c1-10-6-11(2)8-12(7-10)14(15)9-16-13-4-3-5-13/h6-8,13-15H,3-5,9H2,1-2H3. The van der Waals surface area contributed by atoms with E-state index in [4.69, 9.17) is 4.74 Å². The van der Waals surface area contributed by atoms with Crippen molar-refractivity contribution >= 4 is 0 Å². The third kappa shape index (κ3) is 2.83. The van der Waals surface area contributed by atoms with E-state index in [9.17, 15) is 5.11 Å². The van der Waals surface area contributed by atoms with E-state index in [0.717, 1.165) is 18.4 Å². The highest BCUT2D eigenvalue weighted by molar-refractivity contribution is 5.29. The largest absolute Gasteiger partial charge is 0.386 e. The normalized spacial score (nSPS) is 18.2. The van der Waals surface area contributed by atoms with Gasteiger partial charge in [0.1, 0.15) is 6.10 Å². The molecule has 1 aromatic rings. The van der Waals surface area contributed by atoms with Gasteiger partial charge < -0.3 is 9.84 Å². The van der Waals surface area contributed by atoms with E-state index in [1.165, 1.54) is 17.5 Å². The second-order valence-electron chi connectivity index (χ2n) is 4.82. The van der Waals surface area contributed by atoms with Crippen molar-refractivity contribution in [1.29, 1.82) is 0 Å². The zero-order chi connectivity index (χ0) is 11.5. The van der Waals surface area contributed by atoms with Crippen LogP contribution in [0.2, 0.25) is 0 Å². The van der Waals surface area contributed by atoms with Crippen LogP contribution in [0.4, 0.5) is 0 Å². The van der Waals surface area contributed by atoms with E-state index in [-0.39, 0.29) is 0 Å². The molecule has 2 nitrogen and oxygen atoms in total. The van der Waals surface area contributed by atoms with Crippen molar-refractivity contribution in [3.05, 3.63) is 34.9 Å². The summed E-state index contributed by atoms with van der Waals surface area (Å²) in [6, 6.07) is 6.17. The summed E-state index contributed by atoms with van der Waals surface area (Å²) < 4.78 is 5.62. The number of benzene rings is 1. The van der Waals surface area contributed by atoms with Crippen molar-refractivity contribution in [2.75, 3.05) is 6.61 Å². The highest BCUT2D eigenvalue weighted by Gasteiger charge is 2.19. The van der Waals surface area contributed by atoms with E-state index in [2.05, 4.69) is 19.9 Å². The summed E-state index contributed by atoms with van der Waals surface area (Å²) in [4.78, 5) is 0. The van der Waals surface area contributed by atoms with E-state index in [1.54, 1.807) is 0 Å². The second kappa shape index (κ2) is 4.98. The molecule has 1 saturated carbocycles. The average Bonchev–Trinajstić information content (AvgIpc) is 2.13. The maximum absolute atomic E-state index is 10.0. The number of aryl methyl sites for hydroxylation is 2. The zero-order valence-electron chi connectivity index (χ0n) is 10.1. The lowest BCUT2D eigenvalue weighted by Gasteiger charge is -2.26. The first-order valence-electron chi connectivity index (χ1n) is 6.03. The summed E-state index contributed by atoms with van der Waals surface area (Å²) >= 11 is 0. The van der Waals surface area contributed by atoms with Gasteiger partial charge >= 0.3 is 0 Å². The van der Waals surface area contributed by atoms with Crippen LogP contribution in [0, 0.1) is 13.8 Å². The Morgan fingerprint density at radius 1 is 1.25 bits per heavy atom. The van der Waals surface area contributed by atoms with Crippen LogP contribution in [0.5, 0.6) is 0 Å². The molecule has 2 rings (SSSR count). The average molecular weight is 220 g/mol. The predicted molar refractivity (Wildman–Crippen MR) is 64.5 cm³/mol. The molecule has 0 radical (unpaired) electrons. The monoisotopic (exact) mass is 220 g/mol. The second-order valence-corrected chi connectivity index (χ2v) is 4.82. The summed E-state index contributed by atoms with van der Waals surface area (Å²) in [6.07, 6.45) is 3.48. The molecule has 16 heavy (non-hydrogen) atoms. The Hall–Kier alpha value is -0.860. The van der Waals surface area contributed by atoms with E-state index in [0.29, 0.717) is 12.7 Å². The minimum Gasteiger partial charge on any atom is -0.386 e. The van der Waals surface area contributed by atoms with Crippen LogP contribution in [0.25, 0.3) is 0 Å². The Morgan fingerprint density at radius 3 is 2.38 bits per heavy atom. The summed E-state index contributed by atoms with van der Waals surface area (Å²) in [5, 5.41) is 10.0. The summed E-state index contributed by atoms with van der Waals surface area (Å²) in [5.41, 5.74) is 3.35. The number of hydrogen-bond donors (Lipinski definition) is 1. The van der Waals surface area contributed by atoms with Crippen molar-refractivity contribution in [2.24, 2.45) is 0 Å². The smallest absolute Gasteiger partial charge is 0.102 e. The maximum atomic E-state index is 10.0. The number of hydrogen-bond acceptors (Lipinski definition) is 2.